The zero-order valence-electron chi connectivity index (χ0n) is 9.01. The Labute approximate surface area is 92.3 Å². The normalized spacial score (nSPS) is 10.4. The standard InChI is InChI=1S/C9H12N4O3/c1-3-6-10-12-8-5-4-7(13(14)15)9(11-8)16-2/h4-6H,3H2,1-2H3,(H,11,12). The highest BCUT2D eigenvalue weighted by atomic mass is 16.6. The minimum absolute atomic E-state index is 0.0401. The predicted molar refractivity (Wildman–Crippen MR) is 59.8 cm³/mol. The first kappa shape index (κ1) is 11.9. The van der Waals surface area contributed by atoms with Crippen LogP contribution in [0.1, 0.15) is 13.3 Å². The number of methoxy groups -OCH3 is 1. The topological polar surface area (TPSA) is 89.7 Å². The van der Waals surface area contributed by atoms with Crippen LogP contribution < -0.4 is 10.2 Å². The molecule has 0 aromatic carbocycles. The van der Waals surface area contributed by atoms with Crippen LogP contribution in [-0.2, 0) is 0 Å². The zero-order valence-corrected chi connectivity index (χ0v) is 9.01. The molecule has 1 heterocycles. The summed E-state index contributed by atoms with van der Waals surface area (Å²) in [6.45, 7) is 1.94. The summed E-state index contributed by atoms with van der Waals surface area (Å²) >= 11 is 0. The van der Waals surface area contributed by atoms with Crippen LogP contribution in [0, 0.1) is 10.1 Å². The summed E-state index contributed by atoms with van der Waals surface area (Å²) in [5.41, 5.74) is 2.47. The molecular formula is C9H12N4O3. The number of rotatable bonds is 5. The summed E-state index contributed by atoms with van der Waals surface area (Å²) in [6, 6.07) is 2.78. The van der Waals surface area contributed by atoms with E-state index in [0.29, 0.717) is 5.82 Å². The number of hydrogen-bond donors (Lipinski definition) is 1. The van der Waals surface area contributed by atoms with Crippen LogP contribution in [0.25, 0.3) is 0 Å². The van der Waals surface area contributed by atoms with Crippen molar-refractivity contribution in [3.05, 3.63) is 22.2 Å². The number of hydrazone groups is 1. The van der Waals surface area contributed by atoms with Crippen LogP contribution in [-0.4, -0.2) is 23.2 Å². The molecule has 1 N–H and O–H groups in total. The second kappa shape index (κ2) is 5.64. The van der Waals surface area contributed by atoms with Gasteiger partial charge in [0.25, 0.3) is 5.88 Å². The Bertz CT molecular complexity index is 406. The van der Waals surface area contributed by atoms with Crippen molar-refractivity contribution in [2.45, 2.75) is 13.3 Å². The largest absolute Gasteiger partial charge is 0.476 e. The molecule has 0 aliphatic carbocycles. The molecule has 1 aromatic rings. The first-order valence-electron chi connectivity index (χ1n) is 4.66. The Morgan fingerprint density at radius 2 is 2.44 bits per heavy atom. The second-order valence-corrected chi connectivity index (χ2v) is 2.81. The van der Waals surface area contributed by atoms with Crippen molar-refractivity contribution < 1.29 is 9.66 Å². The van der Waals surface area contributed by atoms with Gasteiger partial charge in [0.05, 0.1) is 12.0 Å². The van der Waals surface area contributed by atoms with E-state index in [2.05, 4.69) is 15.5 Å². The third-order valence-corrected chi connectivity index (χ3v) is 1.68. The van der Waals surface area contributed by atoms with Crippen LogP contribution in [0.3, 0.4) is 0 Å². The van der Waals surface area contributed by atoms with Gasteiger partial charge in [-0.2, -0.15) is 10.1 Å². The van der Waals surface area contributed by atoms with Gasteiger partial charge in [0.1, 0.15) is 0 Å². The van der Waals surface area contributed by atoms with E-state index in [1.54, 1.807) is 6.21 Å². The maximum atomic E-state index is 10.6. The van der Waals surface area contributed by atoms with Crippen LogP contribution >= 0.6 is 0 Å². The average molecular weight is 224 g/mol. The molecule has 7 heteroatoms. The van der Waals surface area contributed by atoms with E-state index < -0.39 is 4.92 Å². The summed E-state index contributed by atoms with van der Waals surface area (Å²) in [6.07, 6.45) is 2.45. The van der Waals surface area contributed by atoms with Gasteiger partial charge in [-0.15, -0.1) is 0 Å². The van der Waals surface area contributed by atoms with Crippen molar-refractivity contribution in [3.8, 4) is 5.88 Å². The maximum absolute atomic E-state index is 10.6. The van der Waals surface area contributed by atoms with Gasteiger partial charge >= 0.3 is 5.69 Å². The molecule has 0 fully saturated rings. The first-order valence-corrected chi connectivity index (χ1v) is 4.66. The number of nitro groups is 1. The van der Waals surface area contributed by atoms with Crippen LogP contribution in [0.2, 0.25) is 0 Å². The van der Waals surface area contributed by atoms with Gasteiger partial charge in [-0.25, -0.2) is 0 Å². The van der Waals surface area contributed by atoms with Crippen molar-refractivity contribution in [1.29, 1.82) is 0 Å². The molecule has 86 valence electrons. The van der Waals surface area contributed by atoms with Gasteiger partial charge in [0, 0.05) is 12.3 Å². The van der Waals surface area contributed by atoms with E-state index in [1.807, 2.05) is 6.92 Å². The van der Waals surface area contributed by atoms with Gasteiger partial charge in [-0.1, -0.05) is 6.92 Å². The summed E-state index contributed by atoms with van der Waals surface area (Å²) in [4.78, 5) is 13.9. The average Bonchev–Trinajstić information content (AvgIpc) is 2.29. The van der Waals surface area contributed by atoms with E-state index in [-0.39, 0.29) is 11.6 Å². The first-order chi connectivity index (χ1) is 7.69. The molecule has 0 saturated heterocycles. The molecule has 7 nitrogen and oxygen atoms in total. The fourth-order valence-electron chi connectivity index (χ4n) is 0.988. The monoisotopic (exact) mass is 224 g/mol. The van der Waals surface area contributed by atoms with Gasteiger partial charge in [-0.3, -0.25) is 15.5 Å². The van der Waals surface area contributed by atoms with Crippen molar-refractivity contribution in [3.63, 3.8) is 0 Å². The lowest BCUT2D eigenvalue weighted by molar-refractivity contribution is -0.386. The molecular weight excluding hydrogens is 212 g/mol. The highest BCUT2D eigenvalue weighted by Crippen LogP contribution is 2.25. The van der Waals surface area contributed by atoms with Crippen molar-refractivity contribution in [2.75, 3.05) is 12.5 Å². The third kappa shape index (κ3) is 2.91. The maximum Gasteiger partial charge on any atom is 0.331 e. The summed E-state index contributed by atoms with van der Waals surface area (Å²) in [5.74, 6) is 0.355. The lowest BCUT2D eigenvalue weighted by Gasteiger charge is -2.03. The molecule has 1 aromatic heterocycles. The van der Waals surface area contributed by atoms with Gasteiger partial charge < -0.3 is 4.74 Å². The van der Waals surface area contributed by atoms with Gasteiger partial charge in [0.15, 0.2) is 5.82 Å². The van der Waals surface area contributed by atoms with Crippen molar-refractivity contribution >= 4 is 17.7 Å². The van der Waals surface area contributed by atoms with Gasteiger partial charge in [0.2, 0.25) is 0 Å². The Morgan fingerprint density at radius 1 is 1.69 bits per heavy atom. The smallest absolute Gasteiger partial charge is 0.331 e. The van der Waals surface area contributed by atoms with E-state index in [0.717, 1.165) is 6.42 Å². The number of nitrogens with zero attached hydrogens (tertiary/aromatic N) is 3. The quantitative estimate of drug-likeness (QED) is 0.468. The second-order valence-electron chi connectivity index (χ2n) is 2.81. The Balaban J connectivity index is 2.91. The van der Waals surface area contributed by atoms with Crippen LogP contribution in [0.4, 0.5) is 11.5 Å². The minimum Gasteiger partial charge on any atom is -0.476 e. The van der Waals surface area contributed by atoms with E-state index in [9.17, 15) is 10.1 Å². The lowest BCUT2D eigenvalue weighted by Crippen LogP contribution is -1.99. The van der Waals surface area contributed by atoms with E-state index in [4.69, 9.17) is 4.74 Å². The Hall–Kier alpha value is -2.18. The summed E-state index contributed by atoms with van der Waals surface area (Å²) in [7, 11) is 1.33. The number of nitrogens with one attached hydrogen (secondary N) is 1. The SMILES string of the molecule is CCC=NNc1ccc([N+](=O)[O-])c(OC)n1. The molecule has 16 heavy (non-hydrogen) atoms. The number of ether oxygens (including phenoxy) is 1. The lowest BCUT2D eigenvalue weighted by atomic mass is 10.4. The molecule has 0 unspecified atom stereocenters. The summed E-state index contributed by atoms with van der Waals surface area (Å²) < 4.78 is 4.81. The molecule has 0 aliphatic rings. The third-order valence-electron chi connectivity index (χ3n) is 1.68. The number of anilines is 1. The summed E-state index contributed by atoms with van der Waals surface area (Å²) in [5, 5.41) is 14.4. The van der Waals surface area contributed by atoms with E-state index in [1.165, 1.54) is 19.2 Å². The number of hydrogen-bond acceptors (Lipinski definition) is 6. The zero-order chi connectivity index (χ0) is 12.0. The fourth-order valence-corrected chi connectivity index (χ4v) is 0.988. The molecule has 0 amide bonds. The van der Waals surface area contributed by atoms with Crippen molar-refractivity contribution in [1.82, 2.24) is 4.98 Å². The van der Waals surface area contributed by atoms with Crippen molar-refractivity contribution in [2.24, 2.45) is 5.10 Å². The van der Waals surface area contributed by atoms with Gasteiger partial charge in [-0.05, 0) is 12.5 Å². The molecule has 1 rings (SSSR count). The van der Waals surface area contributed by atoms with Crippen LogP contribution in [0.15, 0.2) is 17.2 Å². The minimum atomic E-state index is -0.551. The highest BCUT2D eigenvalue weighted by molar-refractivity contribution is 5.58. The fraction of sp³-hybridized carbons (Fsp3) is 0.333. The molecule has 0 spiro atoms. The molecule has 0 radical (unpaired) electrons. The predicted octanol–water partition coefficient (Wildman–Crippen LogP) is 1.81. The number of aromatic nitrogens is 1. The molecule has 0 saturated carbocycles. The number of pyridine rings is 1. The molecule has 0 aliphatic heterocycles. The molecule has 0 atom stereocenters. The Kier molecular flexibility index (Phi) is 4.19. The van der Waals surface area contributed by atoms with E-state index >= 15 is 0 Å². The highest BCUT2D eigenvalue weighted by Gasteiger charge is 2.16. The van der Waals surface area contributed by atoms with Crippen LogP contribution in [0.5, 0.6) is 5.88 Å². The Morgan fingerprint density at radius 3 is 3.00 bits per heavy atom. The molecule has 0 bridgehead atoms.